The number of hydrogen-bond acceptors (Lipinski definition) is 4. The topological polar surface area (TPSA) is 89.3 Å². The molecule has 2 rings (SSSR count). The van der Waals surface area contributed by atoms with E-state index in [0.29, 0.717) is 11.6 Å². The van der Waals surface area contributed by atoms with E-state index in [1.807, 2.05) is 18.3 Å². The lowest BCUT2D eigenvalue weighted by Crippen LogP contribution is -2.19. The average molecular weight is 259 g/mol. The molecule has 0 atom stereocenters. The summed E-state index contributed by atoms with van der Waals surface area (Å²) in [7, 11) is 0. The number of aromatic nitrogens is 3. The zero-order chi connectivity index (χ0) is 14.0. The molecule has 2 aromatic rings. The Hall–Kier alpha value is -2.37. The molecule has 0 aliphatic rings. The van der Waals surface area contributed by atoms with Crippen LogP contribution in [-0.2, 0) is 5.41 Å². The molecule has 0 radical (unpaired) electrons. The molecule has 2 aromatic heterocycles. The monoisotopic (exact) mass is 259 g/mol. The van der Waals surface area contributed by atoms with E-state index in [1.165, 1.54) is 0 Å². The molecule has 0 bridgehead atoms. The van der Waals surface area contributed by atoms with Gasteiger partial charge in [-0.05, 0) is 17.0 Å². The quantitative estimate of drug-likeness (QED) is 0.371. The van der Waals surface area contributed by atoms with Crippen LogP contribution in [0.25, 0.3) is 5.82 Å². The number of nitrogens with zero attached hydrogens (tertiary/aromatic N) is 4. The molecule has 0 saturated heterocycles. The van der Waals surface area contributed by atoms with Gasteiger partial charge >= 0.3 is 0 Å². The third kappa shape index (κ3) is 2.57. The molecule has 0 spiro atoms. The standard InChI is InChI=1S/C13H17N5O/c1-13(2,3)9-4-5-10(16-8-9)18-7-6-15-12(18)11(14)17-19/h4-8,19H,1-3H3,(H2,14,17). The summed E-state index contributed by atoms with van der Waals surface area (Å²) in [6.07, 6.45) is 5.12. The van der Waals surface area contributed by atoms with Gasteiger partial charge in [-0.2, -0.15) is 0 Å². The van der Waals surface area contributed by atoms with Crippen LogP contribution in [0.2, 0.25) is 0 Å². The average Bonchev–Trinajstić information content (AvgIpc) is 2.86. The first kappa shape index (κ1) is 13.1. The maximum absolute atomic E-state index is 8.72. The van der Waals surface area contributed by atoms with E-state index in [-0.39, 0.29) is 11.3 Å². The third-order valence-electron chi connectivity index (χ3n) is 2.84. The summed E-state index contributed by atoms with van der Waals surface area (Å²) in [5.74, 6) is 0.984. The van der Waals surface area contributed by atoms with E-state index in [0.717, 1.165) is 5.56 Å². The minimum absolute atomic E-state index is 0.0494. The van der Waals surface area contributed by atoms with Gasteiger partial charge in [0.1, 0.15) is 5.82 Å². The Balaban J connectivity index is 2.41. The van der Waals surface area contributed by atoms with Crippen molar-refractivity contribution in [3.63, 3.8) is 0 Å². The molecule has 2 heterocycles. The van der Waals surface area contributed by atoms with E-state index in [9.17, 15) is 0 Å². The van der Waals surface area contributed by atoms with Gasteiger partial charge in [-0.1, -0.05) is 32.0 Å². The SMILES string of the molecule is CC(C)(C)c1ccc(-n2ccnc2/C(N)=N/O)nc1. The van der Waals surface area contributed by atoms with E-state index >= 15 is 0 Å². The van der Waals surface area contributed by atoms with Crippen molar-refractivity contribution >= 4 is 5.84 Å². The maximum atomic E-state index is 8.72. The predicted molar refractivity (Wildman–Crippen MR) is 72.6 cm³/mol. The van der Waals surface area contributed by atoms with Gasteiger partial charge in [0.2, 0.25) is 5.84 Å². The second-order valence-electron chi connectivity index (χ2n) is 5.26. The number of imidazole rings is 1. The summed E-state index contributed by atoms with van der Waals surface area (Å²) >= 11 is 0. The van der Waals surface area contributed by atoms with Crippen molar-refractivity contribution in [1.29, 1.82) is 0 Å². The Morgan fingerprint density at radius 2 is 2.05 bits per heavy atom. The molecule has 6 nitrogen and oxygen atoms in total. The summed E-state index contributed by atoms with van der Waals surface area (Å²) in [6.45, 7) is 6.38. The number of amidine groups is 1. The first-order valence-electron chi connectivity index (χ1n) is 5.91. The van der Waals surface area contributed by atoms with Crippen LogP contribution < -0.4 is 5.73 Å². The van der Waals surface area contributed by atoms with Crippen molar-refractivity contribution in [2.45, 2.75) is 26.2 Å². The third-order valence-corrected chi connectivity index (χ3v) is 2.84. The fourth-order valence-corrected chi connectivity index (χ4v) is 1.69. The summed E-state index contributed by atoms with van der Waals surface area (Å²) in [6, 6.07) is 3.90. The van der Waals surface area contributed by atoms with Crippen LogP contribution in [0.1, 0.15) is 32.2 Å². The Morgan fingerprint density at radius 1 is 1.32 bits per heavy atom. The lowest BCUT2D eigenvalue weighted by Gasteiger charge is -2.18. The van der Waals surface area contributed by atoms with Crippen LogP contribution in [0, 0.1) is 0 Å². The number of nitrogens with two attached hydrogens (primary N) is 1. The minimum atomic E-state index is -0.0494. The molecule has 0 fully saturated rings. The van der Waals surface area contributed by atoms with Crippen molar-refractivity contribution < 1.29 is 5.21 Å². The Morgan fingerprint density at radius 3 is 2.58 bits per heavy atom. The summed E-state index contributed by atoms with van der Waals surface area (Å²) in [5, 5.41) is 11.7. The predicted octanol–water partition coefficient (Wildman–Crippen LogP) is 1.66. The molecule has 0 unspecified atom stereocenters. The van der Waals surface area contributed by atoms with Gasteiger partial charge in [0.05, 0.1) is 0 Å². The van der Waals surface area contributed by atoms with Gasteiger partial charge in [-0.15, -0.1) is 0 Å². The number of pyridine rings is 1. The van der Waals surface area contributed by atoms with Crippen molar-refractivity contribution in [3.05, 3.63) is 42.1 Å². The lowest BCUT2D eigenvalue weighted by atomic mass is 9.88. The minimum Gasteiger partial charge on any atom is -0.409 e. The van der Waals surface area contributed by atoms with Gasteiger partial charge in [0.25, 0.3) is 0 Å². The Bertz CT molecular complexity index is 592. The zero-order valence-electron chi connectivity index (χ0n) is 11.2. The molecular weight excluding hydrogens is 242 g/mol. The highest BCUT2D eigenvalue weighted by molar-refractivity contribution is 5.94. The largest absolute Gasteiger partial charge is 0.409 e. The van der Waals surface area contributed by atoms with E-state index in [4.69, 9.17) is 10.9 Å². The Labute approximate surface area is 111 Å². The normalized spacial score (nSPS) is 12.7. The molecular formula is C13H17N5O. The summed E-state index contributed by atoms with van der Waals surface area (Å²) in [5.41, 5.74) is 6.76. The van der Waals surface area contributed by atoms with Crippen LogP contribution in [0.4, 0.5) is 0 Å². The summed E-state index contributed by atoms with van der Waals surface area (Å²) in [4.78, 5) is 8.44. The smallest absolute Gasteiger partial charge is 0.206 e. The number of oxime groups is 1. The van der Waals surface area contributed by atoms with Crippen LogP contribution in [0.5, 0.6) is 0 Å². The van der Waals surface area contributed by atoms with Gasteiger partial charge < -0.3 is 10.9 Å². The van der Waals surface area contributed by atoms with Crippen molar-refractivity contribution in [3.8, 4) is 5.82 Å². The van der Waals surface area contributed by atoms with Crippen LogP contribution in [-0.4, -0.2) is 25.6 Å². The maximum Gasteiger partial charge on any atom is 0.206 e. The van der Waals surface area contributed by atoms with Crippen LogP contribution >= 0.6 is 0 Å². The van der Waals surface area contributed by atoms with Crippen LogP contribution in [0.3, 0.4) is 0 Å². The van der Waals surface area contributed by atoms with Crippen molar-refractivity contribution in [2.24, 2.45) is 10.9 Å². The van der Waals surface area contributed by atoms with Crippen LogP contribution in [0.15, 0.2) is 35.9 Å². The number of rotatable bonds is 2. The fourth-order valence-electron chi connectivity index (χ4n) is 1.69. The van der Waals surface area contributed by atoms with Gasteiger partial charge in [-0.3, -0.25) is 4.57 Å². The number of hydrogen-bond donors (Lipinski definition) is 2. The molecule has 0 aliphatic heterocycles. The summed E-state index contributed by atoms with van der Waals surface area (Å²) < 4.78 is 1.67. The first-order valence-corrected chi connectivity index (χ1v) is 5.91. The highest BCUT2D eigenvalue weighted by Crippen LogP contribution is 2.21. The molecule has 0 aliphatic carbocycles. The lowest BCUT2D eigenvalue weighted by molar-refractivity contribution is 0.318. The second-order valence-corrected chi connectivity index (χ2v) is 5.26. The first-order chi connectivity index (χ1) is 8.93. The van der Waals surface area contributed by atoms with E-state index in [2.05, 4.69) is 35.9 Å². The Kier molecular flexibility index (Phi) is 3.25. The van der Waals surface area contributed by atoms with Crippen molar-refractivity contribution in [1.82, 2.24) is 14.5 Å². The molecule has 0 aromatic carbocycles. The van der Waals surface area contributed by atoms with Gasteiger partial charge in [-0.25, -0.2) is 9.97 Å². The van der Waals surface area contributed by atoms with E-state index < -0.39 is 0 Å². The highest BCUT2D eigenvalue weighted by atomic mass is 16.4. The van der Waals surface area contributed by atoms with E-state index in [1.54, 1.807) is 17.0 Å². The van der Waals surface area contributed by atoms with Gasteiger partial charge in [0.15, 0.2) is 5.82 Å². The molecule has 19 heavy (non-hydrogen) atoms. The molecule has 3 N–H and O–H groups in total. The van der Waals surface area contributed by atoms with Gasteiger partial charge in [0, 0.05) is 18.6 Å². The molecule has 6 heteroatoms. The molecule has 0 saturated carbocycles. The van der Waals surface area contributed by atoms with Crippen molar-refractivity contribution in [2.75, 3.05) is 0 Å². The molecule has 0 amide bonds. The zero-order valence-corrected chi connectivity index (χ0v) is 11.2. The second kappa shape index (κ2) is 4.72. The fraction of sp³-hybridized carbons (Fsp3) is 0.308. The highest BCUT2D eigenvalue weighted by Gasteiger charge is 2.15. The molecule has 100 valence electrons.